The summed E-state index contributed by atoms with van der Waals surface area (Å²) in [6.07, 6.45) is 4.12. The van der Waals surface area contributed by atoms with Crippen molar-refractivity contribution >= 4 is 11.6 Å². The van der Waals surface area contributed by atoms with Crippen molar-refractivity contribution in [1.29, 1.82) is 0 Å². The van der Waals surface area contributed by atoms with E-state index in [-0.39, 0.29) is 11.7 Å². The van der Waals surface area contributed by atoms with Crippen LogP contribution >= 0.6 is 0 Å². The zero-order valence-corrected chi connectivity index (χ0v) is 15.1. The van der Waals surface area contributed by atoms with E-state index in [0.29, 0.717) is 12.1 Å². The molecule has 1 aromatic heterocycles. The third-order valence-electron chi connectivity index (χ3n) is 4.75. The SMILES string of the molecule is CCN1CCN(C(=O)c2cncc(NCCc3ccc(F)cc3)c2)CC1. The number of benzene rings is 1. The fourth-order valence-corrected chi connectivity index (χ4v) is 3.11. The highest BCUT2D eigenvalue weighted by atomic mass is 19.1. The summed E-state index contributed by atoms with van der Waals surface area (Å²) in [5.41, 5.74) is 2.50. The minimum Gasteiger partial charge on any atom is -0.383 e. The van der Waals surface area contributed by atoms with Crippen molar-refractivity contribution in [1.82, 2.24) is 14.8 Å². The van der Waals surface area contributed by atoms with Gasteiger partial charge in [0.25, 0.3) is 5.91 Å². The van der Waals surface area contributed by atoms with E-state index in [2.05, 4.69) is 22.1 Å². The van der Waals surface area contributed by atoms with Gasteiger partial charge in [-0.1, -0.05) is 19.1 Å². The summed E-state index contributed by atoms with van der Waals surface area (Å²) >= 11 is 0. The van der Waals surface area contributed by atoms with E-state index in [0.717, 1.165) is 50.4 Å². The van der Waals surface area contributed by atoms with Gasteiger partial charge in [-0.2, -0.15) is 0 Å². The van der Waals surface area contributed by atoms with E-state index in [4.69, 9.17) is 0 Å². The van der Waals surface area contributed by atoms with Crippen LogP contribution in [0.1, 0.15) is 22.8 Å². The molecule has 1 amide bonds. The molecule has 1 aromatic carbocycles. The topological polar surface area (TPSA) is 48.5 Å². The Morgan fingerprint density at radius 2 is 1.88 bits per heavy atom. The molecule has 0 radical (unpaired) electrons. The lowest BCUT2D eigenvalue weighted by Gasteiger charge is -2.34. The molecule has 0 atom stereocenters. The van der Waals surface area contributed by atoms with Crippen LogP contribution in [0, 0.1) is 5.82 Å². The number of anilines is 1. The summed E-state index contributed by atoms with van der Waals surface area (Å²) in [6, 6.07) is 8.35. The monoisotopic (exact) mass is 356 g/mol. The number of likely N-dealkylation sites (N-methyl/N-ethyl adjacent to an activating group) is 1. The highest BCUT2D eigenvalue weighted by Crippen LogP contribution is 2.13. The number of nitrogens with zero attached hydrogens (tertiary/aromatic N) is 3. The van der Waals surface area contributed by atoms with Crippen LogP contribution in [0.5, 0.6) is 0 Å². The number of hydrogen-bond donors (Lipinski definition) is 1. The van der Waals surface area contributed by atoms with Crippen LogP contribution in [0.4, 0.5) is 10.1 Å². The molecule has 0 saturated carbocycles. The van der Waals surface area contributed by atoms with Crippen LogP contribution < -0.4 is 5.32 Å². The Bertz CT molecular complexity index is 727. The lowest BCUT2D eigenvalue weighted by molar-refractivity contribution is 0.0643. The second-order valence-corrected chi connectivity index (χ2v) is 6.49. The maximum absolute atomic E-state index is 12.9. The fraction of sp³-hybridized carbons (Fsp3) is 0.400. The largest absolute Gasteiger partial charge is 0.383 e. The molecular weight excluding hydrogens is 331 g/mol. The molecule has 26 heavy (non-hydrogen) atoms. The van der Waals surface area contributed by atoms with Crippen molar-refractivity contribution in [2.24, 2.45) is 0 Å². The van der Waals surface area contributed by atoms with Gasteiger partial charge < -0.3 is 15.1 Å². The zero-order valence-electron chi connectivity index (χ0n) is 15.1. The number of nitrogens with one attached hydrogen (secondary N) is 1. The summed E-state index contributed by atoms with van der Waals surface area (Å²) in [5.74, 6) is -0.188. The van der Waals surface area contributed by atoms with Crippen LogP contribution in [0.3, 0.4) is 0 Å². The molecule has 0 aliphatic carbocycles. The third-order valence-corrected chi connectivity index (χ3v) is 4.75. The second-order valence-electron chi connectivity index (χ2n) is 6.49. The van der Waals surface area contributed by atoms with Gasteiger partial charge in [-0.3, -0.25) is 9.78 Å². The zero-order chi connectivity index (χ0) is 18.4. The molecule has 1 aliphatic rings. The van der Waals surface area contributed by atoms with E-state index < -0.39 is 0 Å². The van der Waals surface area contributed by atoms with Gasteiger partial charge in [0.1, 0.15) is 5.82 Å². The van der Waals surface area contributed by atoms with Crippen LogP contribution in [0.2, 0.25) is 0 Å². The van der Waals surface area contributed by atoms with Crippen LogP contribution in [0.25, 0.3) is 0 Å². The molecule has 2 aromatic rings. The van der Waals surface area contributed by atoms with E-state index >= 15 is 0 Å². The lowest BCUT2D eigenvalue weighted by atomic mass is 10.1. The van der Waals surface area contributed by atoms with Crippen LogP contribution in [-0.4, -0.2) is 60.0 Å². The molecule has 0 unspecified atom stereocenters. The number of carbonyl (C=O) groups excluding carboxylic acids is 1. The maximum atomic E-state index is 12.9. The molecule has 6 heteroatoms. The predicted molar refractivity (Wildman–Crippen MR) is 101 cm³/mol. The standard InChI is InChI=1S/C20H25FN4O/c1-2-24-9-11-25(12-10-24)20(26)17-13-19(15-22-14-17)23-8-7-16-3-5-18(21)6-4-16/h3-6,13-15,23H,2,7-12H2,1H3. The van der Waals surface area contributed by atoms with Gasteiger partial charge in [0.2, 0.25) is 0 Å². The summed E-state index contributed by atoms with van der Waals surface area (Å²) < 4.78 is 12.9. The van der Waals surface area contributed by atoms with Gasteiger partial charge in [-0.15, -0.1) is 0 Å². The maximum Gasteiger partial charge on any atom is 0.255 e. The van der Waals surface area contributed by atoms with Crippen LogP contribution in [0.15, 0.2) is 42.7 Å². The number of aromatic nitrogens is 1. The van der Waals surface area contributed by atoms with Gasteiger partial charge in [0.05, 0.1) is 11.3 Å². The molecule has 0 spiro atoms. The quantitative estimate of drug-likeness (QED) is 0.864. The molecule has 1 N–H and O–H groups in total. The number of amides is 1. The van der Waals surface area contributed by atoms with Crippen molar-refractivity contribution in [3.63, 3.8) is 0 Å². The number of rotatable bonds is 6. The Morgan fingerprint density at radius 1 is 1.15 bits per heavy atom. The third kappa shape index (κ3) is 4.79. The first-order chi connectivity index (χ1) is 12.7. The Morgan fingerprint density at radius 3 is 2.58 bits per heavy atom. The molecule has 2 heterocycles. The number of carbonyl (C=O) groups is 1. The Kier molecular flexibility index (Phi) is 6.17. The van der Waals surface area contributed by atoms with Crippen molar-refractivity contribution in [2.45, 2.75) is 13.3 Å². The average Bonchev–Trinajstić information content (AvgIpc) is 2.69. The van der Waals surface area contributed by atoms with Crippen molar-refractivity contribution in [3.05, 3.63) is 59.7 Å². The number of halogens is 1. The lowest BCUT2D eigenvalue weighted by Crippen LogP contribution is -2.48. The van der Waals surface area contributed by atoms with Gasteiger partial charge >= 0.3 is 0 Å². The highest BCUT2D eigenvalue weighted by Gasteiger charge is 2.21. The Labute approximate surface area is 153 Å². The number of piperazine rings is 1. The second kappa shape index (κ2) is 8.76. The molecule has 1 saturated heterocycles. The normalized spacial score (nSPS) is 15.1. The van der Waals surface area contributed by atoms with E-state index in [1.807, 2.05) is 11.0 Å². The first kappa shape index (κ1) is 18.3. The molecule has 3 rings (SSSR count). The van der Waals surface area contributed by atoms with Gasteiger partial charge in [0, 0.05) is 45.1 Å². The first-order valence-corrected chi connectivity index (χ1v) is 9.10. The summed E-state index contributed by atoms with van der Waals surface area (Å²) in [5, 5.41) is 3.29. The molecule has 1 aliphatic heterocycles. The molecular formula is C20H25FN4O. The summed E-state index contributed by atoms with van der Waals surface area (Å²) in [7, 11) is 0. The van der Waals surface area contributed by atoms with Gasteiger partial charge in [-0.05, 0) is 36.7 Å². The van der Waals surface area contributed by atoms with Gasteiger partial charge in [-0.25, -0.2) is 4.39 Å². The minimum atomic E-state index is -0.225. The van der Waals surface area contributed by atoms with E-state index in [1.165, 1.54) is 12.1 Å². The van der Waals surface area contributed by atoms with Crippen molar-refractivity contribution in [3.8, 4) is 0 Å². The fourth-order valence-electron chi connectivity index (χ4n) is 3.11. The van der Waals surface area contributed by atoms with E-state index in [9.17, 15) is 9.18 Å². The number of hydrogen-bond acceptors (Lipinski definition) is 4. The molecule has 5 nitrogen and oxygen atoms in total. The highest BCUT2D eigenvalue weighted by molar-refractivity contribution is 5.94. The molecule has 138 valence electrons. The Hall–Kier alpha value is -2.47. The van der Waals surface area contributed by atoms with E-state index in [1.54, 1.807) is 24.5 Å². The smallest absolute Gasteiger partial charge is 0.255 e. The van der Waals surface area contributed by atoms with Crippen molar-refractivity contribution in [2.75, 3.05) is 44.6 Å². The van der Waals surface area contributed by atoms with Crippen molar-refractivity contribution < 1.29 is 9.18 Å². The molecule has 1 fully saturated rings. The average molecular weight is 356 g/mol. The van der Waals surface area contributed by atoms with Crippen LogP contribution in [-0.2, 0) is 6.42 Å². The summed E-state index contributed by atoms with van der Waals surface area (Å²) in [6.45, 7) is 7.22. The van der Waals surface area contributed by atoms with Gasteiger partial charge in [0.15, 0.2) is 0 Å². The number of pyridine rings is 1. The first-order valence-electron chi connectivity index (χ1n) is 9.10. The molecule has 0 bridgehead atoms. The predicted octanol–water partition coefficient (Wildman–Crippen LogP) is 2.65. The Balaban J connectivity index is 1.54. The minimum absolute atomic E-state index is 0.0374. The summed E-state index contributed by atoms with van der Waals surface area (Å²) in [4.78, 5) is 21.1.